The minimum absolute atomic E-state index is 0.0739. The molecule has 21 heavy (non-hydrogen) atoms. The molecule has 0 radical (unpaired) electrons. The number of nitrogens with one attached hydrogen (secondary N) is 1. The van der Waals surface area contributed by atoms with Crippen LogP contribution >= 0.6 is 0 Å². The van der Waals surface area contributed by atoms with Crippen LogP contribution in [0.15, 0.2) is 35.6 Å². The second kappa shape index (κ2) is 6.55. The number of hydrogen-bond donors (Lipinski definition) is 2. The van der Waals surface area contributed by atoms with Crippen LogP contribution in [-0.4, -0.2) is 36.3 Å². The fourth-order valence-corrected chi connectivity index (χ4v) is 2.62. The molecule has 0 atom stereocenters. The lowest BCUT2D eigenvalue weighted by Gasteiger charge is -2.07. The molecule has 0 aliphatic carbocycles. The first-order valence-corrected chi connectivity index (χ1v) is 7.87. The lowest BCUT2D eigenvalue weighted by atomic mass is 10.4. The average Bonchev–Trinajstić information content (AvgIpc) is 2.91. The van der Waals surface area contributed by atoms with E-state index in [-0.39, 0.29) is 4.90 Å². The quantitative estimate of drug-likeness (QED) is 0.767. The molecule has 8 nitrogen and oxygen atoms in total. The topological polar surface area (TPSA) is 112 Å². The van der Waals surface area contributed by atoms with Crippen molar-refractivity contribution in [1.82, 2.24) is 14.8 Å². The normalized spacial score (nSPS) is 11.3. The summed E-state index contributed by atoms with van der Waals surface area (Å²) in [6.07, 6.45) is 4.10. The van der Waals surface area contributed by atoms with Gasteiger partial charge in [0.2, 0.25) is 5.88 Å². The molecule has 114 valence electrons. The van der Waals surface area contributed by atoms with E-state index < -0.39 is 10.0 Å². The summed E-state index contributed by atoms with van der Waals surface area (Å²) in [7, 11) is -3.69. The summed E-state index contributed by atoms with van der Waals surface area (Å²) < 4.78 is 33.4. The fraction of sp³-hybridized carbons (Fsp3) is 0.333. The summed E-state index contributed by atoms with van der Waals surface area (Å²) in [6, 6.07) is 3.18. The van der Waals surface area contributed by atoms with Gasteiger partial charge in [-0.15, -0.1) is 0 Å². The van der Waals surface area contributed by atoms with Gasteiger partial charge < -0.3 is 10.5 Å². The maximum Gasteiger partial charge on any atom is 0.265 e. The van der Waals surface area contributed by atoms with E-state index in [1.54, 1.807) is 12.1 Å². The van der Waals surface area contributed by atoms with Crippen LogP contribution in [0.2, 0.25) is 0 Å². The van der Waals surface area contributed by atoms with Crippen LogP contribution in [0.25, 0.3) is 0 Å². The Hall–Kier alpha value is -2.13. The van der Waals surface area contributed by atoms with E-state index in [0.29, 0.717) is 31.3 Å². The molecule has 2 heterocycles. The lowest BCUT2D eigenvalue weighted by molar-refractivity contribution is 0.327. The lowest BCUT2D eigenvalue weighted by Crippen LogP contribution is -2.13. The summed E-state index contributed by atoms with van der Waals surface area (Å²) in [4.78, 5) is 4.07. The largest absolute Gasteiger partial charge is 0.478 e. The molecule has 0 fully saturated rings. The Kier molecular flexibility index (Phi) is 4.76. The van der Waals surface area contributed by atoms with Gasteiger partial charge in [-0.25, -0.2) is 13.4 Å². The van der Waals surface area contributed by atoms with Crippen molar-refractivity contribution in [2.45, 2.75) is 18.4 Å². The summed E-state index contributed by atoms with van der Waals surface area (Å²) >= 11 is 0. The van der Waals surface area contributed by atoms with Crippen molar-refractivity contribution >= 4 is 15.7 Å². The molecule has 9 heteroatoms. The molecule has 2 rings (SSSR count). The van der Waals surface area contributed by atoms with Crippen LogP contribution in [0.3, 0.4) is 0 Å². The smallest absolute Gasteiger partial charge is 0.265 e. The third-order valence-electron chi connectivity index (χ3n) is 2.56. The Morgan fingerprint density at radius 1 is 1.38 bits per heavy atom. The van der Waals surface area contributed by atoms with E-state index in [2.05, 4.69) is 14.8 Å². The van der Waals surface area contributed by atoms with E-state index in [0.717, 1.165) is 0 Å². The first kappa shape index (κ1) is 15.3. The molecule has 0 saturated carbocycles. The second-order valence-electron chi connectivity index (χ2n) is 4.15. The van der Waals surface area contributed by atoms with Gasteiger partial charge in [-0.3, -0.25) is 9.40 Å². The molecule has 0 bridgehead atoms. The number of rotatable bonds is 7. The molecule has 0 aliphatic heterocycles. The van der Waals surface area contributed by atoms with Crippen molar-refractivity contribution in [2.75, 3.05) is 17.9 Å². The van der Waals surface area contributed by atoms with Crippen molar-refractivity contribution in [3.63, 3.8) is 0 Å². The van der Waals surface area contributed by atoms with Gasteiger partial charge in [0.25, 0.3) is 10.0 Å². The monoisotopic (exact) mass is 311 g/mol. The fourth-order valence-electron chi connectivity index (χ4n) is 1.63. The highest BCUT2D eigenvalue weighted by atomic mass is 32.2. The second-order valence-corrected chi connectivity index (χ2v) is 5.83. The van der Waals surface area contributed by atoms with Crippen molar-refractivity contribution in [1.29, 1.82) is 0 Å². The number of nitrogens with two attached hydrogens (primary N) is 1. The summed E-state index contributed by atoms with van der Waals surface area (Å²) in [6.45, 7) is 3.19. The van der Waals surface area contributed by atoms with Crippen LogP contribution in [0.4, 0.5) is 5.69 Å². The predicted molar refractivity (Wildman–Crippen MR) is 77.5 cm³/mol. The Labute approximate surface area is 123 Å². The third kappa shape index (κ3) is 3.92. The van der Waals surface area contributed by atoms with Gasteiger partial charge in [0.1, 0.15) is 4.90 Å². The number of ether oxygens (including phenoxy) is 1. The molecular weight excluding hydrogens is 294 g/mol. The zero-order chi connectivity index (χ0) is 15.3. The zero-order valence-corrected chi connectivity index (χ0v) is 12.4. The highest BCUT2D eigenvalue weighted by molar-refractivity contribution is 7.92. The number of pyridine rings is 1. The number of sulfonamides is 1. The van der Waals surface area contributed by atoms with Crippen LogP contribution in [0.5, 0.6) is 5.88 Å². The Bertz CT molecular complexity index is 681. The SMILES string of the molecule is CCOc1ccc(NS(=O)(=O)c2cnn(CCN)c2)cn1. The summed E-state index contributed by atoms with van der Waals surface area (Å²) in [5.41, 5.74) is 5.75. The van der Waals surface area contributed by atoms with Crippen LogP contribution in [0.1, 0.15) is 6.92 Å². The maximum absolute atomic E-state index is 12.2. The highest BCUT2D eigenvalue weighted by Crippen LogP contribution is 2.16. The van der Waals surface area contributed by atoms with Gasteiger partial charge in [-0.2, -0.15) is 5.10 Å². The minimum atomic E-state index is -3.69. The van der Waals surface area contributed by atoms with Crippen molar-refractivity contribution < 1.29 is 13.2 Å². The van der Waals surface area contributed by atoms with Crippen molar-refractivity contribution in [3.8, 4) is 5.88 Å². The molecule has 2 aromatic heterocycles. The Morgan fingerprint density at radius 3 is 2.81 bits per heavy atom. The van der Waals surface area contributed by atoms with Crippen LogP contribution < -0.4 is 15.2 Å². The van der Waals surface area contributed by atoms with E-state index in [1.807, 2.05) is 6.92 Å². The molecule has 0 spiro atoms. The van der Waals surface area contributed by atoms with Gasteiger partial charge in [-0.1, -0.05) is 0 Å². The number of anilines is 1. The molecular formula is C12H17N5O3S. The standard InChI is InChI=1S/C12H17N5O3S/c1-2-20-12-4-3-10(7-14-12)16-21(18,19)11-8-15-17(9-11)6-5-13/h3-4,7-9,16H,2,5-6,13H2,1H3. The van der Waals surface area contributed by atoms with E-state index in [4.69, 9.17) is 10.5 Å². The van der Waals surface area contributed by atoms with Gasteiger partial charge >= 0.3 is 0 Å². The molecule has 0 aliphatic rings. The zero-order valence-electron chi connectivity index (χ0n) is 11.6. The Morgan fingerprint density at radius 2 is 2.19 bits per heavy atom. The van der Waals surface area contributed by atoms with Gasteiger partial charge in [-0.05, 0) is 13.0 Å². The van der Waals surface area contributed by atoms with Crippen molar-refractivity contribution in [3.05, 3.63) is 30.7 Å². The highest BCUT2D eigenvalue weighted by Gasteiger charge is 2.16. The van der Waals surface area contributed by atoms with E-state index in [1.165, 1.54) is 23.3 Å². The number of aromatic nitrogens is 3. The molecule has 0 saturated heterocycles. The molecule has 0 unspecified atom stereocenters. The maximum atomic E-state index is 12.2. The third-order valence-corrected chi connectivity index (χ3v) is 3.89. The Balaban J connectivity index is 2.12. The molecule has 0 amide bonds. The van der Waals surface area contributed by atoms with Crippen LogP contribution in [-0.2, 0) is 16.6 Å². The van der Waals surface area contributed by atoms with Gasteiger partial charge in [0.05, 0.1) is 31.2 Å². The first-order chi connectivity index (χ1) is 10.0. The summed E-state index contributed by atoms with van der Waals surface area (Å²) in [5.74, 6) is 0.441. The van der Waals surface area contributed by atoms with Gasteiger partial charge in [0, 0.05) is 18.8 Å². The molecule has 3 N–H and O–H groups in total. The van der Waals surface area contributed by atoms with Crippen LogP contribution in [0, 0.1) is 0 Å². The average molecular weight is 311 g/mol. The number of hydrogen-bond acceptors (Lipinski definition) is 6. The first-order valence-electron chi connectivity index (χ1n) is 6.39. The van der Waals surface area contributed by atoms with E-state index in [9.17, 15) is 8.42 Å². The van der Waals surface area contributed by atoms with Crippen molar-refractivity contribution in [2.24, 2.45) is 5.73 Å². The molecule has 2 aromatic rings. The number of nitrogens with zero attached hydrogens (tertiary/aromatic N) is 3. The van der Waals surface area contributed by atoms with Gasteiger partial charge in [0.15, 0.2) is 0 Å². The van der Waals surface area contributed by atoms with E-state index >= 15 is 0 Å². The summed E-state index contributed by atoms with van der Waals surface area (Å²) in [5, 5.41) is 3.93. The predicted octanol–water partition coefficient (Wildman–Crippen LogP) is 0.436. The minimum Gasteiger partial charge on any atom is -0.478 e. The molecule has 0 aromatic carbocycles.